The topological polar surface area (TPSA) is 46.9 Å². The summed E-state index contributed by atoms with van der Waals surface area (Å²) in [7, 11) is 1.81. The molecular formula is C13H23N3O. The summed E-state index contributed by atoms with van der Waals surface area (Å²) in [5, 5.41) is 7.49. The van der Waals surface area contributed by atoms with Gasteiger partial charge in [-0.2, -0.15) is 5.10 Å². The molecule has 4 nitrogen and oxygen atoms in total. The molecule has 0 aliphatic carbocycles. The fraction of sp³-hybridized carbons (Fsp3) is 0.692. The molecule has 0 atom stereocenters. The summed E-state index contributed by atoms with van der Waals surface area (Å²) >= 11 is 0. The second kappa shape index (κ2) is 5.45. The minimum absolute atomic E-state index is 0.192. The standard InChI is InChI=1S/C13H23N3O/c1-6-10-8-11(16(7-2)15-10)9-12(17)13(3,4)14-5/h8,14H,6-7,9H2,1-5H3. The lowest BCUT2D eigenvalue weighted by Crippen LogP contribution is -2.45. The highest BCUT2D eigenvalue weighted by Crippen LogP contribution is 2.12. The Morgan fingerprint density at radius 2 is 2.12 bits per heavy atom. The summed E-state index contributed by atoms with van der Waals surface area (Å²) in [5.74, 6) is 0.192. The van der Waals surface area contributed by atoms with E-state index in [0.29, 0.717) is 6.42 Å². The first kappa shape index (κ1) is 13.9. The van der Waals surface area contributed by atoms with Crippen LogP contribution >= 0.6 is 0 Å². The van der Waals surface area contributed by atoms with E-state index in [1.54, 1.807) is 0 Å². The van der Waals surface area contributed by atoms with Gasteiger partial charge in [0.1, 0.15) is 0 Å². The van der Waals surface area contributed by atoms with Gasteiger partial charge in [-0.25, -0.2) is 0 Å². The number of ketones is 1. The van der Waals surface area contributed by atoms with Gasteiger partial charge in [0.05, 0.1) is 17.7 Å². The summed E-state index contributed by atoms with van der Waals surface area (Å²) in [5.41, 5.74) is 1.59. The first-order valence-electron chi connectivity index (χ1n) is 6.22. The van der Waals surface area contributed by atoms with Gasteiger partial charge in [-0.05, 0) is 40.3 Å². The van der Waals surface area contributed by atoms with Crippen molar-refractivity contribution < 1.29 is 4.79 Å². The molecule has 0 aliphatic heterocycles. The summed E-state index contributed by atoms with van der Waals surface area (Å²) < 4.78 is 1.92. The van der Waals surface area contributed by atoms with E-state index in [1.807, 2.05) is 38.6 Å². The van der Waals surface area contributed by atoms with Gasteiger partial charge in [-0.15, -0.1) is 0 Å². The highest BCUT2D eigenvalue weighted by atomic mass is 16.1. The monoisotopic (exact) mass is 237 g/mol. The van der Waals surface area contributed by atoms with Gasteiger partial charge in [0, 0.05) is 12.2 Å². The van der Waals surface area contributed by atoms with Crippen molar-refractivity contribution in [2.45, 2.75) is 52.6 Å². The Morgan fingerprint density at radius 3 is 2.59 bits per heavy atom. The lowest BCUT2D eigenvalue weighted by Gasteiger charge is -2.22. The van der Waals surface area contributed by atoms with E-state index < -0.39 is 5.54 Å². The zero-order valence-electron chi connectivity index (χ0n) is 11.5. The van der Waals surface area contributed by atoms with Gasteiger partial charge in [-0.3, -0.25) is 9.48 Å². The molecule has 96 valence electrons. The molecule has 1 aromatic heterocycles. The number of aromatic nitrogens is 2. The van der Waals surface area contributed by atoms with E-state index in [0.717, 1.165) is 24.4 Å². The van der Waals surface area contributed by atoms with Crippen LogP contribution in [0.2, 0.25) is 0 Å². The van der Waals surface area contributed by atoms with Gasteiger partial charge in [0.25, 0.3) is 0 Å². The molecule has 0 fully saturated rings. The average molecular weight is 237 g/mol. The molecule has 1 N–H and O–H groups in total. The number of aryl methyl sites for hydroxylation is 2. The van der Waals surface area contributed by atoms with Crippen LogP contribution in [-0.4, -0.2) is 28.2 Å². The number of hydrogen-bond donors (Lipinski definition) is 1. The Balaban J connectivity index is 2.87. The molecule has 0 saturated carbocycles. The van der Waals surface area contributed by atoms with Gasteiger partial charge < -0.3 is 5.32 Å². The molecule has 0 unspecified atom stereocenters. The van der Waals surface area contributed by atoms with Crippen molar-refractivity contribution in [1.29, 1.82) is 0 Å². The highest BCUT2D eigenvalue weighted by Gasteiger charge is 2.26. The van der Waals surface area contributed by atoms with Crippen molar-refractivity contribution in [3.8, 4) is 0 Å². The third kappa shape index (κ3) is 3.16. The predicted octanol–water partition coefficient (Wildman–Crippen LogP) is 1.57. The van der Waals surface area contributed by atoms with Crippen LogP contribution < -0.4 is 5.32 Å². The first-order valence-corrected chi connectivity index (χ1v) is 6.22. The molecule has 0 aliphatic rings. The van der Waals surface area contributed by atoms with Crippen LogP contribution in [0.3, 0.4) is 0 Å². The molecule has 0 spiro atoms. The van der Waals surface area contributed by atoms with Crippen LogP contribution in [0, 0.1) is 0 Å². The number of nitrogens with zero attached hydrogens (tertiary/aromatic N) is 2. The zero-order chi connectivity index (χ0) is 13.1. The number of nitrogens with one attached hydrogen (secondary N) is 1. The molecule has 1 rings (SSSR count). The molecule has 0 aromatic carbocycles. The fourth-order valence-corrected chi connectivity index (χ4v) is 1.63. The number of carbonyl (C=O) groups excluding carboxylic acids is 1. The molecule has 0 amide bonds. The Morgan fingerprint density at radius 1 is 1.47 bits per heavy atom. The molecule has 1 heterocycles. The second-order valence-electron chi connectivity index (χ2n) is 4.77. The first-order chi connectivity index (χ1) is 7.94. The number of Topliss-reactive ketones (excluding diaryl/α,β-unsaturated/α-hetero) is 1. The number of likely N-dealkylation sites (N-methyl/N-ethyl adjacent to an activating group) is 1. The summed E-state index contributed by atoms with van der Waals surface area (Å²) in [6, 6.07) is 2.03. The zero-order valence-corrected chi connectivity index (χ0v) is 11.5. The van der Waals surface area contributed by atoms with E-state index in [9.17, 15) is 4.79 Å². The Hall–Kier alpha value is -1.16. The molecule has 4 heteroatoms. The van der Waals surface area contributed by atoms with Crippen LogP contribution in [0.5, 0.6) is 0 Å². The lowest BCUT2D eigenvalue weighted by atomic mass is 9.95. The van der Waals surface area contributed by atoms with Gasteiger partial charge in [0.15, 0.2) is 5.78 Å². The largest absolute Gasteiger partial charge is 0.308 e. The van der Waals surface area contributed by atoms with Gasteiger partial charge in [-0.1, -0.05) is 6.92 Å². The fourth-order valence-electron chi connectivity index (χ4n) is 1.63. The van der Waals surface area contributed by atoms with E-state index in [-0.39, 0.29) is 5.78 Å². The molecule has 0 saturated heterocycles. The van der Waals surface area contributed by atoms with Crippen molar-refractivity contribution in [2.75, 3.05) is 7.05 Å². The van der Waals surface area contributed by atoms with Crippen molar-refractivity contribution >= 4 is 5.78 Å². The van der Waals surface area contributed by atoms with E-state index >= 15 is 0 Å². The summed E-state index contributed by atoms with van der Waals surface area (Å²) in [4.78, 5) is 12.1. The van der Waals surface area contributed by atoms with E-state index in [1.165, 1.54) is 0 Å². The van der Waals surface area contributed by atoms with Crippen LogP contribution in [0.15, 0.2) is 6.07 Å². The Bertz CT molecular complexity index is 393. The van der Waals surface area contributed by atoms with Crippen LogP contribution in [0.1, 0.15) is 39.1 Å². The van der Waals surface area contributed by atoms with Crippen LogP contribution in [0.4, 0.5) is 0 Å². The minimum Gasteiger partial charge on any atom is -0.308 e. The highest BCUT2D eigenvalue weighted by molar-refractivity contribution is 5.89. The van der Waals surface area contributed by atoms with E-state index in [2.05, 4.69) is 17.3 Å². The molecular weight excluding hydrogens is 214 g/mol. The van der Waals surface area contributed by atoms with Crippen LogP contribution in [-0.2, 0) is 24.2 Å². The normalized spacial score (nSPS) is 11.8. The summed E-state index contributed by atoms with van der Waals surface area (Å²) in [6.07, 6.45) is 1.35. The molecule has 0 bridgehead atoms. The lowest BCUT2D eigenvalue weighted by molar-refractivity contribution is -0.123. The average Bonchev–Trinajstić information content (AvgIpc) is 2.71. The second-order valence-corrected chi connectivity index (χ2v) is 4.77. The smallest absolute Gasteiger partial charge is 0.158 e. The van der Waals surface area contributed by atoms with E-state index in [4.69, 9.17) is 0 Å². The molecule has 17 heavy (non-hydrogen) atoms. The van der Waals surface area contributed by atoms with Crippen molar-refractivity contribution in [1.82, 2.24) is 15.1 Å². The van der Waals surface area contributed by atoms with Crippen molar-refractivity contribution in [3.63, 3.8) is 0 Å². The maximum Gasteiger partial charge on any atom is 0.158 e. The number of carbonyl (C=O) groups is 1. The van der Waals surface area contributed by atoms with Gasteiger partial charge >= 0.3 is 0 Å². The number of hydrogen-bond acceptors (Lipinski definition) is 3. The molecule has 0 radical (unpaired) electrons. The minimum atomic E-state index is -0.477. The van der Waals surface area contributed by atoms with Crippen molar-refractivity contribution in [3.05, 3.63) is 17.5 Å². The van der Waals surface area contributed by atoms with Crippen molar-refractivity contribution in [2.24, 2.45) is 0 Å². The maximum atomic E-state index is 12.1. The van der Waals surface area contributed by atoms with Crippen LogP contribution in [0.25, 0.3) is 0 Å². The SMILES string of the molecule is CCc1cc(CC(=O)C(C)(C)NC)n(CC)n1. The maximum absolute atomic E-state index is 12.1. The Kier molecular flexibility index (Phi) is 4.46. The summed E-state index contributed by atoms with van der Waals surface area (Å²) in [6.45, 7) is 8.74. The third-order valence-corrected chi connectivity index (χ3v) is 3.24. The quantitative estimate of drug-likeness (QED) is 0.817. The predicted molar refractivity (Wildman–Crippen MR) is 69.1 cm³/mol. The third-order valence-electron chi connectivity index (χ3n) is 3.24. The molecule has 1 aromatic rings. The van der Waals surface area contributed by atoms with Gasteiger partial charge in [0.2, 0.25) is 0 Å². The number of rotatable bonds is 6. The Labute approximate surface area is 103 Å².